The average molecular weight is 592 g/mol. The number of thioether (sulfide) groups is 1. The molecule has 1 aromatic heterocycles. The van der Waals surface area contributed by atoms with Crippen LogP contribution in [-0.2, 0) is 20.1 Å². The van der Waals surface area contributed by atoms with Crippen molar-refractivity contribution in [2.75, 3.05) is 32.8 Å². The molecular weight excluding hydrogens is 558 g/mol. The molecular formula is C30H33N5O6S. The summed E-state index contributed by atoms with van der Waals surface area (Å²) >= 11 is 1.46. The molecule has 1 aliphatic heterocycles. The van der Waals surface area contributed by atoms with E-state index < -0.39 is 29.9 Å². The van der Waals surface area contributed by atoms with Crippen LogP contribution in [0.1, 0.15) is 35.8 Å². The summed E-state index contributed by atoms with van der Waals surface area (Å²) in [6, 6.07) is 19.6. The SMILES string of the molecule is CCOC(=O)N1CCN(C(=O)[C@H](CCC(=O)O)NC(=O)c2cc(SCc3ccccc3)nc(-c3ccccc3)n2)CC1. The van der Waals surface area contributed by atoms with E-state index in [9.17, 15) is 24.3 Å². The van der Waals surface area contributed by atoms with Gasteiger partial charge in [0.25, 0.3) is 5.91 Å². The van der Waals surface area contributed by atoms with E-state index in [-0.39, 0.29) is 51.3 Å². The highest BCUT2D eigenvalue weighted by molar-refractivity contribution is 7.98. The third-order valence-electron chi connectivity index (χ3n) is 6.56. The van der Waals surface area contributed by atoms with Crippen LogP contribution in [0, 0.1) is 0 Å². The molecule has 42 heavy (non-hydrogen) atoms. The number of hydrogen-bond donors (Lipinski definition) is 2. The molecule has 0 bridgehead atoms. The predicted octanol–water partition coefficient (Wildman–Crippen LogP) is 3.70. The maximum Gasteiger partial charge on any atom is 0.409 e. The minimum Gasteiger partial charge on any atom is -0.481 e. The van der Waals surface area contributed by atoms with Crippen LogP contribution in [0.4, 0.5) is 4.79 Å². The van der Waals surface area contributed by atoms with Crippen LogP contribution < -0.4 is 5.32 Å². The number of piperazine rings is 1. The highest BCUT2D eigenvalue weighted by Gasteiger charge is 2.31. The number of carboxylic acids is 1. The third kappa shape index (κ3) is 8.53. The monoisotopic (exact) mass is 591 g/mol. The number of ether oxygens (including phenoxy) is 1. The van der Waals surface area contributed by atoms with Crippen molar-refractivity contribution in [2.45, 2.75) is 36.6 Å². The van der Waals surface area contributed by atoms with Crippen LogP contribution in [0.3, 0.4) is 0 Å². The molecule has 1 atom stereocenters. The predicted molar refractivity (Wildman–Crippen MR) is 157 cm³/mol. The first-order chi connectivity index (χ1) is 20.3. The van der Waals surface area contributed by atoms with Crippen molar-refractivity contribution in [2.24, 2.45) is 0 Å². The van der Waals surface area contributed by atoms with Crippen molar-refractivity contribution in [3.8, 4) is 11.4 Å². The highest BCUT2D eigenvalue weighted by atomic mass is 32.2. The van der Waals surface area contributed by atoms with Gasteiger partial charge in [0.2, 0.25) is 5.91 Å². The van der Waals surface area contributed by atoms with E-state index in [0.29, 0.717) is 16.6 Å². The number of amides is 3. The van der Waals surface area contributed by atoms with E-state index in [2.05, 4.69) is 15.3 Å². The molecule has 0 unspecified atom stereocenters. The number of aliphatic carboxylic acids is 1. The van der Waals surface area contributed by atoms with Gasteiger partial charge in [0.15, 0.2) is 5.82 Å². The Hall–Kier alpha value is -4.45. The first kappa shape index (κ1) is 30.5. The normalized spacial score (nSPS) is 13.7. The molecule has 2 aromatic carbocycles. The molecule has 2 heterocycles. The molecule has 0 spiro atoms. The molecule has 4 rings (SSSR count). The molecule has 3 amide bonds. The molecule has 2 N–H and O–H groups in total. The largest absolute Gasteiger partial charge is 0.481 e. The average Bonchev–Trinajstić information content (AvgIpc) is 3.02. The minimum absolute atomic E-state index is 0.0691. The van der Waals surface area contributed by atoms with E-state index in [4.69, 9.17) is 4.74 Å². The summed E-state index contributed by atoms with van der Waals surface area (Å²) in [6.45, 7) is 3.00. The first-order valence-electron chi connectivity index (χ1n) is 13.7. The van der Waals surface area contributed by atoms with Gasteiger partial charge in [-0.15, -0.1) is 11.8 Å². The second-order valence-electron chi connectivity index (χ2n) is 9.53. The van der Waals surface area contributed by atoms with Gasteiger partial charge in [-0.05, 0) is 18.9 Å². The molecule has 11 nitrogen and oxygen atoms in total. The van der Waals surface area contributed by atoms with E-state index in [1.54, 1.807) is 13.0 Å². The van der Waals surface area contributed by atoms with Crippen LogP contribution >= 0.6 is 11.8 Å². The van der Waals surface area contributed by atoms with E-state index in [1.165, 1.54) is 21.6 Å². The van der Waals surface area contributed by atoms with Crippen LogP contribution in [0.2, 0.25) is 0 Å². The molecule has 0 radical (unpaired) electrons. The van der Waals surface area contributed by atoms with E-state index in [0.717, 1.165) is 11.1 Å². The minimum atomic E-state index is -1.08. The van der Waals surface area contributed by atoms with Crippen LogP contribution in [0.5, 0.6) is 0 Å². The summed E-state index contributed by atoms with van der Waals surface area (Å²) < 4.78 is 5.03. The molecule has 220 valence electrons. The van der Waals surface area contributed by atoms with Gasteiger partial charge in [-0.25, -0.2) is 14.8 Å². The van der Waals surface area contributed by atoms with Gasteiger partial charge in [-0.1, -0.05) is 60.7 Å². The van der Waals surface area contributed by atoms with Crippen molar-refractivity contribution < 1.29 is 29.0 Å². The second-order valence-corrected chi connectivity index (χ2v) is 10.5. The first-order valence-corrected chi connectivity index (χ1v) is 14.7. The Bertz CT molecular complexity index is 1380. The second kappa shape index (κ2) is 15.0. The van der Waals surface area contributed by atoms with Crippen molar-refractivity contribution >= 4 is 35.6 Å². The fourth-order valence-electron chi connectivity index (χ4n) is 4.37. The van der Waals surface area contributed by atoms with Gasteiger partial charge in [0.05, 0.1) is 6.61 Å². The van der Waals surface area contributed by atoms with Crippen LogP contribution in [-0.4, -0.2) is 87.6 Å². The third-order valence-corrected chi connectivity index (χ3v) is 7.55. The quantitative estimate of drug-likeness (QED) is 0.252. The number of nitrogens with one attached hydrogen (secondary N) is 1. The van der Waals surface area contributed by atoms with Crippen LogP contribution in [0.15, 0.2) is 71.8 Å². The number of carbonyl (C=O) groups is 4. The van der Waals surface area contributed by atoms with Gasteiger partial charge in [-0.3, -0.25) is 14.4 Å². The summed E-state index contributed by atoms with van der Waals surface area (Å²) in [5, 5.41) is 12.6. The van der Waals surface area contributed by atoms with Crippen LogP contribution in [0.25, 0.3) is 11.4 Å². The smallest absolute Gasteiger partial charge is 0.409 e. The fraction of sp³-hybridized carbons (Fsp3) is 0.333. The van der Waals surface area contributed by atoms with Gasteiger partial charge < -0.3 is 25.0 Å². The number of carboxylic acid groups (broad SMARTS) is 1. The number of nitrogens with zero attached hydrogens (tertiary/aromatic N) is 4. The lowest BCUT2D eigenvalue weighted by atomic mass is 10.1. The maximum atomic E-state index is 13.5. The van der Waals surface area contributed by atoms with Gasteiger partial charge in [0.1, 0.15) is 16.8 Å². The molecule has 1 saturated heterocycles. The molecule has 3 aromatic rings. The molecule has 12 heteroatoms. The van der Waals surface area contributed by atoms with Crippen molar-refractivity contribution in [3.05, 3.63) is 78.0 Å². The lowest BCUT2D eigenvalue weighted by Gasteiger charge is -2.35. The van der Waals surface area contributed by atoms with Crippen molar-refractivity contribution in [3.63, 3.8) is 0 Å². The number of rotatable bonds is 11. The summed E-state index contributed by atoms with van der Waals surface area (Å²) in [6.07, 6.45) is -0.847. The Morgan fingerprint density at radius 2 is 1.60 bits per heavy atom. The standard InChI is InChI=1S/C30H33N5O6S/c1-2-41-30(40)35-17-15-34(16-18-35)29(39)23(13-14-26(36)37)32-28(38)24-19-25(42-20-21-9-5-3-6-10-21)33-27(31-24)22-11-7-4-8-12-22/h3-12,19,23H,2,13-18,20H2,1H3,(H,32,38)(H,36,37)/t23-/m0/s1. The number of carbonyl (C=O) groups excluding carboxylic acids is 3. The molecule has 1 fully saturated rings. The summed E-state index contributed by atoms with van der Waals surface area (Å²) in [7, 11) is 0. The zero-order valence-corrected chi connectivity index (χ0v) is 24.1. The van der Waals surface area contributed by atoms with Gasteiger partial charge >= 0.3 is 12.1 Å². The summed E-state index contributed by atoms with van der Waals surface area (Å²) in [5.41, 5.74) is 1.89. The molecule has 0 saturated carbocycles. The fourth-order valence-corrected chi connectivity index (χ4v) is 5.22. The summed E-state index contributed by atoms with van der Waals surface area (Å²) in [5.74, 6) is -1.11. The number of aromatic nitrogens is 2. The number of hydrogen-bond acceptors (Lipinski definition) is 8. The van der Waals surface area contributed by atoms with Crippen molar-refractivity contribution in [1.82, 2.24) is 25.1 Å². The van der Waals surface area contributed by atoms with E-state index in [1.807, 2.05) is 60.7 Å². The lowest BCUT2D eigenvalue weighted by molar-refractivity contribution is -0.138. The van der Waals surface area contributed by atoms with E-state index >= 15 is 0 Å². The topological polar surface area (TPSA) is 142 Å². The highest BCUT2D eigenvalue weighted by Crippen LogP contribution is 2.25. The molecule has 1 aliphatic rings. The Morgan fingerprint density at radius 1 is 0.952 bits per heavy atom. The lowest BCUT2D eigenvalue weighted by Crippen LogP contribution is -2.56. The van der Waals surface area contributed by atoms with Crippen molar-refractivity contribution in [1.29, 1.82) is 0 Å². The Morgan fingerprint density at radius 3 is 2.24 bits per heavy atom. The van der Waals surface area contributed by atoms with Gasteiger partial charge in [-0.2, -0.15) is 0 Å². The number of benzene rings is 2. The maximum absolute atomic E-state index is 13.5. The zero-order valence-electron chi connectivity index (χ0n) is 23.3. The Kier molecular flexibility index (Phi) is 10.9. The molecule has 0 aliphatic carbocycles. The Balaban J connectivity index is 1.53. The Labute approximate surface area is 248 Å². The van der Waals surface area contributed by atoms with Gasteiger partial charge in [0, 0.05) is 50.0 Å². The summed E-state index contributed by atoms with van der Waals surface area (Å²) in [4.78, 5) is 62.5. The zero-order chi connectivity index (χ0) is 29.9.